The highest BCUT2D eigenvalue weighted by Gasteiger charge is 2.30. The first-order valence-electron chi connectivity index (χ1n) is 14.4. The summed E-state index contributed by atoms with van der Waals surface area (Å²) < 4.78 is 7.64. The molecule has 5 rings (SSSR count). The molecule has 1 aliphatic heterocycles. The van der Waals surface area contributed by atoms with E-state index in [0.29, 0.717) is 18.1 Å². The average molecular weight is 546 g/mol. The quantitative estimate of drug-likeness (QED) is 0.268. The minimum atomic E-state index is -1.06. The second-order valence-electron chi connectivity index (χ2n) is 11.1. The van der Waals surface area contributed by atoms with Crippen molar-refractivity contribution in [2.75, 3.05) is 18.5 Å². The number of amides is 1. The number of rotatable bonds is 13. The van der Waals surface area contributed by atoms with Gasteiger partial charge in [0.15, 0.2) is 0 Å². The Kier molecular flexibility index (Phi) is 9.11. The number of aryl methyl sites for hydroxylation is 3. The van der Waals surface area contributed by atoms with Gasteiger partial charge < -0.3 is 20.5 Å². The number of carboxylic acids is 1. The van der Waals surface area contributed by atoms with Crippen molar-refractivity contribution in [1.82, 2.24) is 20.1 Å². The van der Waals surface area contributed by atoms with Gasteiger partial charge in [0.1, 0.15) is 11.9 Å². The fraction of sp³-hybridized carbons (Fsp3) is 0.484. The van der Waals surface area contributed by atoms with E-state index in [2.05, 4.69) is 27.9 Å². The summed E-state index contributed by atoms with van der Waals surface area (Å²) in [5.41, 5.74) is 4.66. The Hall–Kier alpha value is -3.72. The molecule has 2 aromatic heterocycles. The topological polar surface area (TPSA) is 118 Å². The number of unbranched alkanes of at least 4 members (excludes halogenated alkanes) is 1. The monoisotopic (exact) mass is 545 g/mol. The van der Waals surface area contributed by atoms with Gasteiger partial charge in [-0.1, -0.05) is 31.0 Å². The molecule has 3 aromatic rings. The van der Waals surface area contributed by atoms with E-state index in [1.54, 1.807) is 29.1 Å². The number of benzene rings is 1. The zero-order chi connectivity index (χ0) is 27.9. The van der Waals surface area contributed by atoms with E-state index in [-0.39, 0.29) is 12.5 Å². The third kappa shape index (κ3) is 7.27. The van der Waals surface area contributed by atoms with Gasteiger partial charge in [0.2, 0.25) is 0 Å². The van der Waals surface area contributed by atoms with Crippen LogP contribution in [0.25, 0.3) is 11.1 Å². The number of carbonyl (C=O) groups is 2. The SMILES string of the molecule is Cn1cc(-c2cccc(C(=O)N[C@@H](CCOC3CC(CCCCc4ccc5c(n4)NCCC5)C3)C(=O)O)c2)cn1. The first-order valence-corrected chi connectivity index (χ1v) is 14.4. The van der Waals surface area contributed by atoms with E-state index in [0.717, 1.165) is 55.6 Å². The fourth-order valence-corrected chi connectivity index (χ4v) is 5.56. The van der Waals surface area contributed by atoms with E-state index in [1.165, 1.54) is 30.5 Å². The molecule has 1 fully saturated rings. The predicted octanol–water partition coefficient (Wildman–Crippen LogP) is 4.62. The zero-order valence-corrected chi connectivity index (χ0v) is 23.1. The van der Waals surface area contributed by atoms with Crippen LogP contribution in [0.3, 0.4) is 0 Å². The molecule has 0 bridgehead atoms. The number of aromatic nitrogens is 3. The van der Waals surface area contributed by atoms with E-state index in [1.807, 2.05) is 19.3 Å². The van der Waals surface area contributed by atoms with Gasteiger partial charge in [-0.2, -0.15) is 5.10 Å². The molecule has 9 heteroatoms. The summed E-state index contributed by atoms with van der Waals surface area (Å²) in [7, 11) is 1.83. The van der Waals surface area contributed by atoms with Gasteiger partial charge in [-0.05, 0) is 73.8 Å². The molecule has 1 aliphatic carbocycles. The molecule has 0 radical (unpaired) electrons. The number of carbonyl (C=O) groups excluding carboxylic acids is 1. The van der Waals surface area contributed by atoms with Crippen LogP contribution in [0.2, 0.25) is 0 Å². The van der Waals surface area contributed by atoms with Gasteiger partial charge in [-0.15, -0.1) is 0 Å². The van der Waals surface area contributed by atoms with Crippen molar-refractivity contribution in [3.05, 3.63) is 65.6 Å². The van der Waals surface area contributed by atoms with Gasteiger partial charge >= 0.3 is 5.97 Å². The molecule has 0 saturated heterocycles. The zero-order valence-electron chi connectivity index (χ0n) is 23.1. The average Bonchev–Trinajstić information content (AvgIpc) is 3.38. The minimum absolute atomic E-state index is 0.180. The van der Waals surface area contributed by atoms with Gasteiger partial charge in [-0.25, -0.2) is 9.78 Å². The van der Waals surface area contributed by atoms with E-state index < -0.39 is 17.9 Å². The third-order valence-electron chi connectivity index (χ3n) is 7.97. The van der Waals surface area contributed by atoms with E-state index in [4.69, 9.17) is 9.72 Å². The lowest BCUT2D eigenvalue weighted by Crippen LogP contribution is -2.42. The van der Waals surface area contributed by atoms with Crippen LogP contribution >= 0.6 is 0 Å². The van der Waals surface area contributed by atoms with Crippen molar-refractivity contribution in [1.29, 1.82) is 0 Å². The van der Waals surface area contributed by atoms with Gasteiger partial charge in [-0.3, -0.25) is 9.48 Å². The highest BCUT2D eigenvalue weighted by molar-refractivity contribution is 5.97. The maximum Gasteiger partial charge on any atom is 0.326 e. The van der Waals surface area contributed by atoms with Crippen LogP contribution in [0.15, 0.2) is 48.8 Å². The summed E-state index contributed by atoms with van der Waals surface area (Å²) in [5, 5.41) is 19.9. The molecule has 1 aromatic carbocycles. The molecule has 3 heterocycles. The van der Waals surface area contributed by atoms with Crippen molar-refractivity contribution >= 4 is 17.7 Å². The predicted molar refractivity (Wildman–Crippen MR) is 153 cm³/mol. The Bertz CT molecular complexity index is 1320. The van der Waals surface area contributed by atoms with Crippen molar-refractivity contribution in [2.45, 2.75) is 69.9 Å². The Morgan fingerprint density at radius 2 is 2.08 bits per heavy atom. The normalized spacial score (nSPS) is 18.7. The second-order valence-corrected chi connectivity index (χ2v) is 11.1. The van der Waals surface area contributed by atoms with Crippen LogP contribution < -0.4 is 10.6 Å². The summed E-state index contributed by atoms with van der Waals surface area (Å²) in [6.45, 7) is 1.32. The number of hydrogen-bond acceptors (Lipinski definition) is 6. The van der Waals surface area contributed by atoms with E-state index >= 15 is 0 Å². The van der Waals surface area contributed by atoms with Crippen molar-refractivity contribution in [3.8, 4) is 11.1 Å². The molecular formula is C31H39N5O4. The Balaban J connectivity index is 0.981. The van der Waals surface area contributed by atoms with Crippen molar-refractivity contribution < 1.29 is 19.4 Å². The van der Waals surface area contributed by atoms with Gasteiger partial charge in [0.05, 0.1) is 12.3 Å². The lowest BCUT2D eigenvalue weighted by molar-refractivity contribution is -0.140. The Morgan fingerprint density at radius 3 is 2.88 bits per heavy atom. The summed E-state index contributed by atoms with van der Waals surface area (Å²) in [5.74, 6) is 0.271. The second kappa shape index (κ2) is 13.1. The van der Waals surface area contributed by atoms with Crippen LogP contribution in [0.5, 0.6) is 0 Å². The Labute approximate surface area is 235 Å². The number of nitrogens with one attached hydrogen (secondary N) is 2. The van der Waals surface area contributed by atoms with Crippen molar-refractivity contribution in [2.24, 2.45) is 13.0 Å². The highest BCUT2D eigenvalue weighted by atomic mass is 16.5. The number of carboxylic acid groups (broad SMARTS) is 1. The number of aliphatic carboxylic acids is 1. The molecule has 1 atom stereocenters. The molecule has 212 valence electrons. The number of fused-ring (bicyclic) bond motifs is 1. The molecule has 40 heavy (non-hydrogen) atoms. The fourth-order valence-electron chi connectivity index (χ4n) is 5.56. The van der Waals surface area contributed by atoms with Crippen molar-refractivity contribution in [3.63, 3.8) is 0 Å². The van der Waals surface area contributed by atoms with Crippen LogP contribution in [0.4, 0.5) is 5.82 Å². The third-order valence-corrected chi connectivity index (χ3v) is 7.97. The minimum Gasteiger partial charge on any atom is -0.480 e. The Morgan fingerprint density at radius 1 is 1.20 bits per heavy atom. The molecule has 9 nitrogen and oxygen atoms in total. The molecule has 2 aliphatic rings. The number of pyridine rings is 1. The standard InChI is InChI=1S/C31H39N5O4/c1-36-20-25(19-33-36)23-7-4-8-24(18-23)30(37)35-28(31(38)39)13-15-40-27-16-21(17-27)6-2-3-10-26-12-11-22-9-5-14-32-29(22)34-26/h4,7-8,11-12,18-21,27-28H,2-3,5-6,9-10,13-17H2,1H3,(H,32,34)(H,35,37)(H,38,39)/t21?,27?,28-/m0/s1. The summed E-state index contributed by atoms with van der Waals surface area (Å²) in [6, 6.07) is 10.5. The van der Waals surface area contributed by atoms with Gasteiger partial charge in [0, 0.05) is 49.6 Å². The smallest absolute Gasteiger partial charge is 0.326 e. The number of nitrogens with zero attached hydrogens (tertiary/aromatic N) is 3. The lowest BCUT2D eigenvalue weighted by Gasteiger charge is -2.35. The number of hydrogen-bond donors (Lipinski definition) is 3. The van der Waals surface area contributed by atoms with Crippen LogP contribution in [-0.4, -0.2) is 57.0 Å². The maximum atomic E-state index is 12.8. The first kappa shape index (κ1) is 27.8. The molecule has 3 N–H and O–H groups in total. The first-order chi connectivity index (χ1) is 19.4. The number of ether oxygens (including phenoxy) is 1. The number of anilines is 1. The van der Waals surface area contributed by atoms with E-state index in [9.17, 15) is 14.7 Å². The summed E-state index contributed by atoms with van der Waals surface area (Å²) >= 11 is 0. The maximum absolute atomic E-state index is 12.8. The molecular weight excluding hydrogens is 506 g/mol. The lowest BCUT2D eigenvalue weighted by atomic mass is 9.79. The molecule has 1 amide bonds. The summed E-state index contributed by atoms with van der Waals surface area (Å²) in [6.07, 6.45) is 12.9. The largest absolute Gasteiger partial charge is 0.480 e. The van der Waals surface area contributed by atoms with Gasteiger partial charge in [0.25, 0.3) is 5.91 Å². The molecule has 0 spiro atoms. The van der Waals surface area contributed by atoms with Crippen LogP contribution in [-0.2, 0) is 29.4 Å². The van der Waals surface area contributed by atoms with Crippen LogP contribution in [0.1, 0.15) is 66.6 Å². The van der Waals surface area contributed by atoms with Crippen LogP contribution in [0, 0.1) is 5.92 Å². The summed E-state index contributed by atoms with van der Waals surface area (Å²) in [4.78, 5) is 29.4. The molecule has 1 saturated carbocycles. The molecule has 0 unspecified atom stereocenters. The highest BCUT2D eigenvalue weighted by Crippen LogP contribution is 2.34.